The first-order valence-corrected chi connectivity index (χ1v) is 38.8. The van der Waals surface area contributed by atoms with Crippen molar-refractivity contribution in [1.29, 1.82) is 0 Å². The largest absolute Gasteiger partial charge is 0.491 e. The number of carbonyl (C=O) groups excluding carboxylic acids is 1. The molecule has 0 radical (unpaired) electrons. The number of phosphoric acid groups is 3. The molecule has 44 heteroatoms. The number of carbonyl (C=O) groups is 1. The van der Waals surface area contributed by atoms with Crippen molar-refractivity contribution in [3.63, 3.8) is 0 Å². The number of rotatable bonds is 47. The summed E-state index contributed by atoms with van der Waals surface area (Å²) < 4.78 is 134. The van der Waals surface area contributed by atoms with Crippen LogP contribution >= 0.6 is 32.5 Å². The van der Waals surface area contributed by atoms with Crippen LogP contribution in [0.1, 0.15) is 112 Å². The highest BCUT2D eigenvalue weighted by molar-refractivity contribution is 7.48. The van der Waals surface area contributed by atoms with Gasteiger partial charge in [-0.15, -0.1) is 20.4 Å². The fraction of sp³-hybridized carbons (Fsp3) is 0.650. The molecule has 0 spiro atoms. The molecule has 104 heavy (non-hydrogen) atoms. The summed E-state index contributed by atoms with van der Waals surface area (Å²) in [6, 6.07) is 7.28. The second-order valence-corrected chi connectivity index (χ2v) is 29.0. The van der Waals surface area contributed by atoms with E-state index in [1.807, 2.05) is 31.2 Å². The van der Waals surface area contributed by atoms with Crippen LogP contribution in [0.5, 0.6) is 5.75 Å². The topological polar surface area (TPSA) is 505 Å². The van der Waals surface area contributed by atoms with E-state index in [1.165, 1.54) is 33.2 Å². The molecule has 0 aliphatic carbocycles. The van der Waals surface area contributed by atoms with Crippen molar-refractivity contribution in [2.24, 2.45) is 0 Å². The summed E-state index contributed by atoms with van der Waals surface area (Å²) in [7, 11) is -16.0. The standard InChI is InChI=1S/C60H89N11O29P4/c1-6-7-19-92-102(79,80)98-45-30-52(70-33-39(3)56(74)63-59(70)77)96-48(45)36-94-104(83,84)100-46-31-53(71-34-40(4)57(75)64-60(71)78)97-49(46)37-93-103(81,82)99-44-29-51(69-32-38(2)55(73)62-58(69)76)95-47(44)35-91-101-90-18-11-9-8-10-17-61-50(72)16-20-85-21-22-86-23-24-87-25-26-88-27-28-89-43-14-12-42(13-15-43)54-67-65-41(5)66-68-54/h12-15,32-34,44-49,51-53,101H,6-11,16-31,35-37H2,1-5H3,(H,61,72)(H,79,80)(H,81,82)(H,83,84)(H,62,73,76)(H,63,74,77)(H,64,75,78)/t44?,45?,46?,47-,48-,49-,51-,52-,53-/m1/s1. The van der Waals surface area contributed by atoms with Crippen molar-refractivity contribution in [1.82, 2.24) is 54.4 Å². The predicted molar refractivity (Wildman–Crippen MR) is 363 cm³/mol. The Balaban J connectivity index is 0.729. The lowest BCUT2D eigenvalue weighted by Crippen LogP contribution is -2.33. The summed E-state index contributed by atoms with van der Waals surface area (Å²) in [6.07, 6.45) is -5.89. The molecule has 4 aromatic heterocycles. The molecule has 0 bridgehead atoms. The van der Waals surface area contributed by atoms with Crippen molar-refractivity contribution in [2.45, 2.75) is 154 Å². The third kappa shape index (κ3) is 27.0. The van der Waals surface area contributed by atoms with Gasteiger partial charge in [-0.1, -0.05) is 26.2 Å². The molecule has 7 unspecified atom stereocenters. The molecule has 7 heterocycles. The maximum atomic E-state index is 14.0. The van der Waals surface area contributed by atoms with Crippen molar-refractivity contribution in [2.75, 3.05) is 99.0 Å². The number of benzene rings is 1. The molecule has 40 nitrogen and oxygen atoms in total. The average Bonchev–Trinajstić information content (AvgIpc) is 1.65. The third-order valence-corrected chi connectivity index (χ3v) is 19.6. The number of aromatic amines is 3. The van der Waals surface area contributed by atoms with Crippen molar-refractivity contribution < 1.29 is 107 Å². The first-order chi connectivity index (χ1) is 49.8. The third-order valence-electron chi connectivity index (χ3n) is 15.9. The lowest BCUT2D eigenvalue weighted by atomic mass is 10.2. The maximum Gasteiger partial charge on any atom is 0.472 e. The molecule has 1 aromatic carbocycles. The predicted octanol–water partition coefficient (Wildman–Crippen LogP) is 3.04. The normalized spacial score (nSPS) is 22.2. The maximum absolute atomic E-state index is 14.0. The SMILES string of the molecule is CCCCOP(=O)(O)OC1C[C@H](n2cc(C)c(=O)[nH]c2=O)O[C@@H]1COP(=O)(O)OC1C[C@H](n2cc(C)c(=O)[nH]c2=O)O[C@@H]1COP(=O)(O)OC1C[C@H](n2cc(C)c(=O)[nH]c2=O)O[C@@H]1COPOCCCCCCNC(=O)CCOCCOCCOCCOCCOc1ccc(-c2nnc(C)nn2)cc1. The number of ether oxygens (including phenoxy) is 8. The van der Waals surface area contributed by atoms with Crippen LogP contribution in [0.25, 0.3) is 11.4 Å². The highest BCUT2D eigenvalue weighted by atomic mass is 31.2. The summed E-state index contributed by atoms with van der Waals surface area (Å²) in [6.45, 7) is 9.42. The number of nitrogens with zero attached hydrogens (tertiary/aromatic N) is 7. The Morgan fingerprint density at radius 2 is 0.952 bits per heavy atom. The number of aryl methyl sites for hydroxylation is 4. The number of hydrogen-bond donors (Lipinski definition) is 7. The smallest absolute Gasteiger partial charge is 0.472 e. The molecule has 8 rings (SSSR count). The first-order valence-electron chi connectivity index (χ1n) is 33.5. The second kappa shape index (κ2) is 41.3. The summed E-state index contributed by atoms with van der Waals surface area (Å²) in [5.74, 6) is 1.46. The zero-order valence-electron chi connectivity index (χ0n) is 57.8. The van der Waals surface area contributed by atoms with E-state index >= 15 is 0 Å². The minimum atomic E-state index is -5.36. The van der Waals surface area contributed by atoms with E-state index in [-0.39, 0.29) is 61.7 Å². The van der Waals surface area contributed by atoms with E-state index < -0.39 is 141 Å². The van der Waals surface area contributed by atoms with Crippen molar-refractivity contribution >= 4 is 38.4 Å². The Bertz CT molecular complexity index is 4070. The van der Waals surface area contributed by atoms with E-state index in [9.17, 15) is 61.9 Å². The van der Waals surface area contributed by atoms with Gasteiger partial charge in [-0.05, 0) is 71.2 Å². The molecule has 3 saturated heterocycles. The van der Waals surface area contributed by atoms with Gasteiger partial charge in [-0.25, -0.2) is 28.1 Å². The molecule has 3 aliphatic rings. The van der Waals surface area contributed by atoms with Gasteiger partial charge in [0, 0.05) is 73.1 Å². The molecule has 578 valence electrons. The van der Waals surface area contributed by atoms with Crippen LogP contribution in [0, 0.1) is 27.7 Å². The Morgan fingerprint density at radius 3 is 1.41 bits per heavy atom. The summed E-state index contributed by atoms with van der Waals surface area (Å²) in [5.41, 5.74) is -3.73. The van der Waals surface area contributed by atoms with Gasteiger partial charge in [0.15, 0.2) is 14.9 Å². The van der Waals surface area contributed by atoms with Crippen LogP contribution in [-0.2, 0) is 87.8 Å². The lowest BCUT2D eigenvalue weighted by molar-refractivity contribution is -0.122. The number of unbranched alkanes of at least 4 members (excludes halogenated alkanes) is 4. The number of aromatic nitrogens is 10. The van der Waals surface area contributed by atoms with Gasteiger partial charge in [0.1, 0.15) is 67.7 Å². The molecular weight excluding hydrogens is 1460 g/mol. The van der Waals surface area contributed by atoms with E-state index in [0.29, 0.717) is 103 Å². The van der Waals surface area contributed by atoms with Crippen LogP contribution in [0.4, 0.5) is 0 Å². The summed E-state index contributed by atoms with van der Waals surface area (Å²) in [5, 5.41) is 18.8. The molecule has 7 N–H and O–H groups in total. The number of H-pyrrole nitrogens is 3. The average molecular weight is 1550 g/mol. The molecule has 5 aromatic rings. The zero-order chi connectivity index (χ0) is 74.8. The Labute approximate surface area is 596 Å². The van der Waals surface area contributed by atoms with E-state index in [4.69, 9.17) is 74.1 Å². The fourth-order valence-corrected chi connectivity index (χ4v) is 13.9. The number of amides is 1. The van der Waals surface area contributed by atoms with E-state index in [1.54, 1.807) is 6.92 Å². The number of hydrogen-bond acceptors (Lipinski definition) is 30. The van der Waals surface area contributed by atoms with E-state index in [2.05, 4.69) is 40.7 Å². The van der Waals surface area contributed by atoms with Crippen molar-refractivity contribution in [3.05, 3.63) is 128 Å². The van der Waals surface area contributed by atoms with Crippen LogP contribution in [0.15, 0.2) is 71.6 Å². The van der Waals surface area contributed by atoms with Crippen LogP contribution in [0.2, 0.25) is 0 Å². The van der Waals surface area contributed by atoms with E-state index in [0.717, 1.165) is 44.7 Å². The molecule has 0 saturated carbocycles. The zero-order valence-corrected chi connectivity index (χ0v) is 61.5. The Kier molecular flexibility index (Phi) is 33.1. The number of phosphoric ester groups is 3. The fourth-order valence-electron chi connectivity index (χ4n) is 10.5. The quantitative estimate of drug-likeness (QED) is 0.0217. The molecule has 3 fully saturated rings. The lowest BCUT2D eigenvalue weighted by Gasteiger charge is -2.25. The summed E-state index contributed by atoms with van der Waals surface area (Å²) in [4.78, 5) is 128. The Morgan fingerprint density at radius 1 is 0.529 bits per heavy atom. The molecule has 1 amide bonds. The van der Waals surface area contributed by atoms with Crippen LogP contribution < -0.4 is 43.8 Å². The van der Waals surface area contributed by atoms with Crippen LogP contribution in [0.3, 0.4) is 0 Å². The second-order valence-electron chi connectivity index (χ2n) is 24.0. The minimum absolute atomic E-state index is 0.0571. The summed E-state index contributed by atoms with van der Waals surface area (Å²) >= 11 is 0. The molecular formula is C60H89N11O29P4. The minimum Gasteiger partial charge on any atom is -0.491 e. The molecule has 3 aliphatic heterocycles. The van der Waals surface area contributed by atoms with Gasteiger partial charge in [-0.2, -0.15) is 0 Å². The highest BCUT2D eigenvalue weighted by Gasteiger charge is 2.48. The Hall–Kier alpha value is -6.13. The van der Waals surface area contributed by atoms with Gasteiger partial charge in [-0.3, -0.25) is 75.0 Å². The highest BCUT2D eigenvalue weighted by Crippen LogP contribution is 2.53. The van der Waals surface area contributed by atoms with Gasteiger partial charge in [0.2, 0.25) is 11.7 Å². The first kappa shape index (κ1) is 83.5. The monoisotopic (exact) mass is 1550 g/mol. The van der Waals surface area contributed by atoms with Gasteiger partial charge < -0.3 is 66.9 Å². The number of nitrogens with one attached hydrogen (secondary N) is 4. The van der Waals surface area contributed by atoms with Gasteiger partial charge >= 0.3 is 40.5 Å². The van der Waals surface area contributed by atoms with Gasteiger partial charge in [0.25, 0.3) is 16.7 Å². The molecule has 13 atom stereocenters. The van der Waals surface area contributed by atoms with Crippen molar-refractivity contribution in [3.8, 4) is 17.1 Å². The van der Waals surface area contributed by atoms with Crippen LogP contribution in [-0.4, -0.2) is 205 Å². The van der Waals surface area contributed by atoms with Gasteiger partial charge in [0.05, 0.1) is 85.9 Å².